The quantitative estimate of drug-likeness (QED) is 0.149. The Hall–Kier alpha value is -5.54. The lowest BCUT2D eigenvalue weighted by atomic mass is 9.99. The zero-order chi connectivity index (χ0) is 37.6. The summed E-state index contributed by atoms with van der Waals surface area (Å²) < 4.78 is 1.97. The number of carbonyl (C=O) groups is 6. The van der Waals surface area contributed by atoms with E-state index in [0.717, 1.165) is 37.2 Å². The molecule has 1 fully saturated rings. The first-order valence-electron chi connectivity index (χ1n) is 17.2. The molecule has 2 aromatic heterocycles. The average Bonchev–Trinajstić information content (AvgIpc) is 3.71. The van der Waals surface area contributed by atoms with Gasteiger partial charge in [0.05, 0.1) is 23.4 Å². The molecule has 16 heteroatoms. The van der Waals surface area contributed by atoms with E-state index in [9.17, 15) is 28.8 Å². The van der Waals surface area contributed by atoms with Gasteiger partial charge in [0.25, 0.3) is 11.8 Å². The monoisotopic (exact) mass is 754 g/mol. The SMILES string of the molecule is Cc1sc2c(c1C)C(c1ccc(Cl)cc1)=N[C@@H](CC(=O)CNC(=O)CCCNc1cccc3c1C(=O)N(C1CCC(=O)NC1=O)C3=O)c1nnc(C)n1-2. The van der Waals surface area contributed by atoms with Crippen molar-refractivity contribution in [2.75, 3.05) is 18.4 Å². The summed E-state index contributed by atoms with van der Waals surface area (Å²) in [7, 11) is 0. The number of hydrogen-bond donors (Lipinski definition) is 3. The number of Topliss-reactive ketones (excluding diaryl/α,β-unsaturated/α-hetero) is 1. The van der Waals surface area contributed by atoms with Gasteiger partial charge < -0.3 is 10.6 Å². The van der Waals surface area contributed by atoms with Crippen LogP contribution in [0.15, 0.2) is 47.5 Å². The number of carbonyl (C=O) groups excluding carboxylic acids is 6. The predicted molar refractivity (Wildman–Crippen MR) is 197 cm³/mol. The zero-order valence-corrected chi connectivity index (χ0v) is 30.7. The summed E-state index contributed by atoms with van der Waals surface area (Å²) in [6, 6.07) is 10.5. The van der Waals surface area contributed by atoms with Crippen LogP contribution in [-0.4, -0.2) is 79.8 Å². The van der Waals surface area contributed by atoms with E-state index in [1.807, 2.05) is 23.6 Å². The van der Waals surface area contributed by atoms with Gasteiger partial charge in [-0.3, -0.25) is 48.5 Å². The van der Waals surface area contributed by atoms with Crippen LogP contribution in [0.1, 0.15) is 92.1 Å². The Balaban J connectivity index is 0.970. The van der Waals surface area contributed by atoms with Crippen molar-refractivity contribution in [2.45, 2.75) is 65.0 Å². The fourth-order valence-corrected chi connectivity index (χ4v) is 8.18. The average molecular weight is 755 g/mol. The first-order chi connectivity index (χ1) is 25.4. The van der Waals surface area contributed by atoms with Crippen molar-refractivity contribution in [2.24, 2.45) is 4.99 Å². The van der Waals surface area contributed by atoms with Crippen LogP contribution >= 0.6 is 22.9 Å². The molecule has 0 aliphatic carbocycles. The molecule has 14 nitrogen and oxygen atoms in total. The third kappa shape index (κ3) is 6.77. The number of thiophene rings is 1. The maximum absolute atomic E-state index is 13.3. The summed E-state index contributed by atoms with van der Waals surface area (Å²) >= 11 is 7.82. The smallest absolute Gasteiger partial charge is 0.264 e. The minimum absolute atomic E-state index is 0.00820. The Labute approximate surface area is 313 Å². The van der Waals surface area contributed by atoms with Crippen molar-refractivity contribution < 1.29 is 28.8 Å². The van der Waals surface area contributed by atoms with Crippen LogP contribution in [0.3, 0.4) is 0 Å². The molecule has 5 heterocycles. The molecule has 1 unspecified atom stereocenters. The highest BCUT2D eigenvalue weighted by atomic mass is 35.5. The highest BCUT2D eigenvalue weighted by molar-refractivity contribution is 7.15. The largest absolute Gasteiger partial charge is 0.384 e. The molecule has 4 aromatic rings. The number of nitrogens with one attached hydrogen (secondary N) is 3. The topological polar surface area (TPSA) is 185 Å². The Morgan fingerprint density at radius 2 is 1.77 bits per heavy atom. The fourth-order valence-electron chi connectivity index (χ4n) is 6.84. The molecule has 53 heavy (non-hydrogen) atoms. The van der Waals surface area contributed by atoms with Gasteiger partial charge in [-0.05, 0) is 63.4 Å². The molecule has 1 saturated heterocycles. The second-order valence-corrected chi connectivity index (χ2v) is 14.8. The number of ketones is 1. The molecule has 0 radical (unpaired) electrons. The van der Waals surface area contributed by atoms with Crippen molar-refractivity contribution in [3.8, 4) is 5.00 Å². The number of aromatic nitrogens is 3. The third-order valence-corrected chi connectivity index (χ3v) is 11.1. The second-order valence-electron chi connectivity index (χ2n) is 13.1. The number of nitrogens with zero attached hydrogens (tertiary/aromatic N) is 5. The van der Waals surface area contributed by atoms with Crippen molar-refractivity contribution in [3.05, 3.63) is 91.8 Å². The molecule has 7 rings (SSSR count). The number of aliphatic imine (C=N–C) groups is 1. The lowest BCUT2D eigenvalue weighted by Crippen LogP contribution is -2.54. The van der Waals surface area contributed by atoms with Crippen molar-refractivity contribution in [1.29, 1.82) is 0 Å². The van der Waals surface area contributed by atoms with Crippen LogP contribution in [0, 0.1) is 20.8 Å². The Morgan fingerprint density at radius 1 is 1.00 bits per heavy atom. The van der Waals surface area contributed by atoms with Crippen LogP contribution in [0.2, 0.25) is 5.02 Å². The molecule has 2 aromatic carbocycles. The molecule has 0 bridgehead atoms. The summed E-state index contributed by atoms with van der Waals surface area (Å²) in [5, 5.41) is 18.3. The molecular weight excluding hydrogens is 720 g/mol. The number of piperidine rings is 1. The van der Waals surface area contributed by atoms with Gasteiger partial charge in [0, 0.05) is 52.5 Å². The van der Waals surface area contributed by atoms with Gasteiger partial charge in [-0.25, -0.2) is 0 Å². The van der Waals surface area contributed by atoms with E-state index >= 15 is 0 Å². The first-order valence-corrected chi connectivity index (χ1v) is 18.4. The van der Waals surface area contributed by atoms with E-state index in [4.69, 9.17) is 16.6 Å². The van der Waals surface area contributed by atoms with Gasteiger partial charge in [0.2, 0.25) is 17.7 Å². The highest BCUT2D eigenvalue weighted by Gasteiger charge is 2.45. The van der Waals surface area contributed by atoms with Gasteiger partial charge in [0.15, 0.2) is 11.6 Å². The normalized spacial score (nSPS) is 17.8. The molecule has 5 amide bonds. The number of anilines is 1. The Morgan fingerprint density at radius 3 is 2.53 bits per heavy atom. The number of imide groups is 2. The maximum atomic E-state index is 13.3. The van der Waals surface area contributed by atoms with Crippen molar-refractivity contribution in [1.82, 2.24) is 30.3 Å². The van der Waals surface area contributed by atoms with Crippen LogP contribution in [-0.2, 0) is 19.2 Å². The van der Waals surface area contributed by atoms with Gasteiger partial charge >= 0.3 is 0 Å². The number of fused-ring (bicyclic) bond motifs is 4. The number of halogens is 1. The van der Waals surface area contributed by atoms with Crippen molar-refractivity contribution in [3.63, 3.8) is 0 Å². The highest BCUT2D eigenvalue weighted by Crippen LogP contribution is 2.40. The van der Waals surface area contributed by atoms with Crippen LogP contribution in [0.4, 0.5) is 5.69 Å². The molecule has 3 aliphatic heterocycles. The maximum Gasteiger partial charge on any atom is 0.264 e. The summed E-state index contributed by atoms with van der Waals surface area (Å²) in [5.74, 6) is -1.67. The van der Waals surface area contributed by atoms with E-state index in [2.05, 4.69) is 40.0 Å². The van der Waals surface area contributed by atoms with E-state index in [0.29, 0.717) is 35.3 Å². The van der Waals surface area contributed by atoms with E-state index in [-0.39, 0.29) is 55.0 Å². The lowest BCUT2D eigenvalue weighted by molar-refractivity contribution is -0.136. The predicted octanol–water partition coefficient (Wildman–Crippen LogP) is 4.17. The molecule has 0 saturated carbocycles. The van der Waals surface area contributed by atoms with Gasteiger partial charge in [-0.15, -0.1) is 21.5 Å². The second kappa shape index (κ2) is 14.5. The summed E-state index contributed by atoms with van der Waals surface area (Å²) in [6.07, 6.45) is 0.542. The molecule has 3 aliphatic rings. The number of rotatable bonds is 11. The minimum Gasteiger partial charge on any atom is -0.384 e. The van der Waals surface area contributed by atoms with Crippen LogP contribution < -0.4 is 16.0 Å². The molecular formula is C37H35ClN8O6S. The molecule has 3 N–H and O–H groups in total. The van der Waals surface area contributed by atoms with Crippen molar-refractivity contribution >= 4 is 69.7 Å². The number of hydrogen-bond acceptors (Lipinski definition) is 11. The van der Waals surface area contributed by atoms with Gasteiger partial charge in [0.1, 0.15) is 22.9 Å². The van der Waals surface area contributed by atoms with E-state index < -0.39 is 35.7 Å². The molecule has 272 valence electrons. The van der Waals surface area contributed by atoms with Gasteiger partial charge in [-0.1, -0.05) is 29.8 Å². The van der Waals surface area contributed by atoms with Gasteiger partial charge in [-0.2, -0.15) is 0 Å². The number of aryl methyl sites for hydroxylation is 2. The fraction of sp³-hybridized carbons (Fsp3) is 0.324. The summed E-state index contributed by atoms with van der Waals surface area (Å²) in [4.78, 5) is 83.7. The minimum atomic E-state index is -1.07. The first kappa shape index (κ1) is 35.8. The Bertz CT molecular complexity index is 2240. The third-order valence-electron chi connectivity index (χ3n) is 9.63. The van der Waals surface area contributed by atoms with Crippen LogP contribution in [0.5, 0.6) is 0 Å². The number of benzene rings is 2. The standard InChI is InChI=1S/C37H35ClN8O6S/c1-18-19(2)53-37-30(18)32(21-9-11-22(38)12-10-21)41-26(33-44-43-20(3)45(33)37)16-23(47)17-40-28(48)8-5-15-39-25-7-4-6-24-31(25)36(52)46(35(24)51)27-13-14-29(49)42-34(27)50/h4,6-7,9-12,26-27,39H,5,8,13-17H2,1-3H3,(H,40,48)(H,42,49,50)/t26-,27?/m0/s1. The van der Waals surface area contributed by atoms with Crippen LogP contribution in [0.25, 0.3) is 5.00 Å². The summed E-state index contributed by atoms with van der Waals surface area (Å²) in [6.45, 7) is 6.07. The lowest BCUT2D eigenvalue weighted by Gasteiger charge is -2.27. The molecule has 0 spiro atoms. The zero-order valence-electron chi connectivity index (χ0n) is 29.1. The van der Waals surface area contributed by atoms with E-state index in [1.165, 1.54) is 6.07 Å². The number of amides is 5. The Kier molecular flexibility index (Phi) is 9.79. The summed E-state index contributed by atoms with van der Waals surface area (Å²) in [5.41, 5.74) is 4.33. The molecule has 2 atom stereocenters. The van der Waals surface area contributed by atoms with E-state index in [1.54, 1.807) is 35.6 Å².